The molecule has 0 saturated carbocycles. The SMILES string of the molecule is O=C(CSCc1ccccn1)Nc1nnc(-c2ccsc2)s1. The van der Waals surface area contributed by atoms with Crippen LogP contribution in [0.25, 0.3) is 10.6 Å². The van der Waals surface area contributed by atoms with Crippen LogP contribution in [0, 0.1) is 0 Å². The van der Waals surface area contributed by atoms with Gasteiger partial charge in [0.15, 0.2) is 0 Å². The maximum atomic E-state index is 11.9. The largest absolute Gasteiger partial charge is 0.300 e. The van der Waals surface area contributed by atoms with Gasteiger partial charge >= 0.3 is 0 Å². The van der Waals surface area contributed by atoms with Crippen LogP contribution in [-0.4, -0.2) is 26.8 Å². The Morgan fingerprint density at radius 2 is 2.23 bits per heavy atom. The highest BCUT2D eigenvalue weighted by Gasteiger charge is 2.10. The topological polar surface area (TPSA) is 67.8 Å². The summed E-state index contributed by atoms with van der Waals surface area (Å²) in [5.41, 5.74) is 2.00. The van der Waals surface area contributed by atoms with Gasteiger partial charge in [0.25, 0.3) is 0 Å². The molecule has 0 fully saturated rings. The first kappa shape index (κ1) is 15.1. The smallest absolute Gasteiger partial charge is 0.236 e. The zero-order chi connectivity index (χ0) is 15.2. The Morgan fingerprint density at radius 1 is 1.27 bits per heavy atom. The van der Waals surface area contributed by atoms with E-state index in [9.17, 15) is 4.79 Å². The first-order valence-corrected chi connectivity index (χ1v) is 9.36. The molecule has 0 aromatic carbocycles. The average molecular weight is 348 g/mol. The predicted octanol–water partition coefficient (Wildman–Crippen LogP) is 3.53. The summed E-state index contributed by atoms with van der Waals surface area (Å²) in [5, 5.41) is 16.2. The van der Waals surface area contributed by atoms with E-state index in [0.717, 1.165) is 16.3 Å². The number of carbonyl (C=O) groups is 1. The van der Waals surface area contributed by atoms with Crippen LogP contribution in [0.4, 0.5) is 5.13 Å². The number of anilines is 1. The van der Waals surface area contributed by atoms with Crippen molar-refractivity contribution in [2.45, 2.75) is 5.75 Å². The second-order valence-electron chi connectivity index (χ2n) is 4.29. The summed E-state index contributed by atoms with van der Waals surface area (Å²) in [6, 6.07) is 7.75. The first-order valence-electron chi connectivity index (χ1n) is 6.45. The molecule has 5 nitrogen and oxygen atoms in total. The lowest BCUT2D eigenvalue weighted by Crippen LogP contribution is -2.14. The highest BCUT2D eigenvalue weighted by atomic mass is 32.2. The molecule has 112 valence electrons. The summed E-state index contributed by atoms with van der Waals surface area (Å²) >= 11 is 4.51. The minimum atomic E-state index is -0.0750. The molecule has 3 rings (SSSR count). The summed E-state index contributed by atoms with van der Waals surface area (Å²) in [6.07, 6.45) is 1.75. The van der Waals surface area contributed by atoms with Gasteiger partial charge in [0.05, 0.1) is 11.4 Å². The van der Waals surface area contributed by atoms with Crippen molar-refractivity contribution in [2.75, 3.05) is 11.1 Å². The minimum Gasteiger partial charge on any atom is -0.300 e. The Balaban J connectivity index is 1.48. The van der Waals surface area contributed by atoms with Crippen molar-refractivity contribution in [2.24, 2.45) is 0 Å². The summed E-state index contributed by atoms with van der Waals surface area (Å²) in [4.78, 5) is 16.1. The standard InChI is InChI=1S/C14H12N4OS3/c19-12(9-21-8-11-3-1-2-5-15-11)16-14-18-17-13(22-14)10-4-6-20-7-10/h1-7H,8-9H2,(H,16,18,19). The fourth-order valence-electron chi connectivity index (χ4n) is 1.66. The fourth-order valence-corrected chi connectivity index (χ4v) is 3.87. The Morgan fingerprint density at radius 3 is 3.00 bits per heavy atom. The zero-order valence-corrected chi connectivity index (χ0v) is 13.9. The van der Waals surface area contributed by atoms with E-state index < -0.39 is 0 Å². The number of pyridine rings is 1. The molecule has 3 aromatic rings. The molecule has 0 atom stereocenters. The molecule has 1 amide bonds. The monoisotopic (exact) mass is 348 g/mol. The van der Waals surface area contributed by atoms with Crippen molar-refractivity contribution in [1.29, 1.82) is 0 Å². The molecule has 0 spiro atoms. The minimum absolute atomic E-state index is 0.0750. The second kappa shape index (κ2) is 7.48. The van der Waals surface area contributed by atoms with Crippen LogP contribution in [0.5, 0.6) is 0 Å². The normalized spacial score (nSPS) is 10.5. The maximum absolute atomic E-state index is 11.9. The number of carbonyl (C=O) groups excluding carboxylic acids is 1. The van der Waals surface area contributed by atoms with E-state index in [1.807, 2.05) is 35.0 Å². The quantitative estimate of drug-likeness (QED) is 0.738. The van der Waals surface area contributed by atoms with Crippen LogP contribution in [0.3, 0.4) is 0 Å². The third kappa shape index (κ3) is 4.12. The molecular formula is C14H12N4OS3. The van der Waals surface area contributed by atoms with Crippen LogP contribution in [0.15, 0.2) is 41.2 Å². The molecule has 3 aromatic heterocycles. The number of nitrogens with one attached hydrogen (secondary N) is 1. The van der Waals surface area contributed by atoms with E-state index in [0.29, 0.717) is 16.6 Å². The molecule has 0 aliphatic heterocycles. The van der Waals surface area contributed by atoms with Gasteiger partial charge in [-0.2, -0.15) is 11.3 Å². The van der Waals surface area contributed by atoms with Crippen molar-refractivity contribution < 1.29 is 4.79 Å². The lowest BCUT2D eigenvalue weighted by molar-refractivity contribution is -0.113. The Kier molecular flexibility index (Phi) is 5.15. The number of rotatable bonds is 6. The second-order valence-corrected chi connectivity index (χ2v) is 7.03. The summed E-state index contributed by atoms with van der Waals surface area (Å²) in [5.74, 6) is 1.00. The molecule has 3 heterocycles. The third-order valence-corrected chi connectivity index (χ3v) is 5.19. The molecule has 0 bridgehead atoms. The number of nitrogens with zero attached hydrogens (tertiary/aromatic N) is 3. The van der Waals surface area contributed by atoms with E-state index in [4.69, 9.17) is 0 Å². The number of thioether (sulfide) groups is 1. The number of amides is 1. The number of hydrogen-bond donors (Lipinski definition) is 1. The lowest BCUT2D eigenvalue weighted by Gasteiger charge is -2.01. The average Bonchev–Trinajstić information content (AvgIpc) is 3.19. The van der Waals surface area contributed by atoms with E-state index in [1.54, 1.807) is 17.5 Å². The van der Waals surface area contributed by atoms with Crippen LogP contribution in [0.2, 0.25) is 0 Å². The molecular weight excluding hydrogens is 336 g/mol. The van der Waals surface area contributed by atoms with Crippen molar-refractivity contribution in [1.82, 2.24) is 15.2 Å². The fraction of sp³-hybridized carbons (Fsp3) is 0.143. The van der Waals surface area contributed by atoms with E-state index in [-0.39, 0.29) is 5.91 Å². The van der Waals surface area contributed by atoms with Crippen LogP contribution < -0.4 is 5.32 Å². The maximum Gasteiger partial charge on any atom is 0.236 e. The van der Waals surface area contributed by atoms with Crippen LogP contribution in [0.1, 0.15) is 5.69 Å². The molecule has 0 unspecified atom stereocenters. The van der Waals surface area contributed by atoms with E-state index in [2.05, 4.69) is 20.5 Å². The third-order valence-electron chi connectivity index (χ3n) is 2.65. The molecule has 8 heteroatoms. The van der Waals surface area contributed by atoms with Gasteiger partial charge in [-0.05, 0) is 23.6 Å². The zero-order valence-electron chi connectivity index (χ0n) is 11.4. The van der Waals surface area contributed by atoms with Gasteiger partial charge in [-0.25, -0.2) is 0 Å². The van der Waals surface area contributed by atoms with E-state index >= 15 is 0 Å². The van der Waals surface area contributed by atoms with Gasteiger partial charge < -0.3 is 0 Å². The number of hydrogen-bond acceptors (Lipinski definition) is 7. The predicted molar refractivity (Wildman–Crippen MR) is 92.3 cm³/mol. The van der Waals surface area contributed by atoms with E-state index in [1.165, 1.54) is 23.1 Å². The Bertz CT molecular complexity index is 728. The van der Waals surface area contributed by atoms with Crippen LogP contribution >= 0.6 is 34.4 Å². The van der Waals surface area contributed by atoms with Gasteiger partial charge in [-0.15, -0.1) is 22.0 Å². The lowest BCUT2D eigenvalue weighted by atomic mass is 10.4. The van der Waals surface area contributed by atoms with Crippen LogP contribution in [-0.2, 0) is 10.5 Å². The molecule has 1 N–H and O–H groups in total. The van der Waals surface area contributed by atoms with Gasteiger partial charge in [0.2, 0.25) is 11.0 Å². The first-order chi connectivity index (χ1) is 10.8. The van der Waals surface area contributed by atoms with Gasteiger partial charge in [0, 0.05) is 22.9 Å². The molecule has 0 saturated heterocycles. The van der Waals surface area contributed by atoms with Gasteiger partial charge in [0.1, 0.15) is 5.01 Å². The molecule has 0 radical (unpaired) electrons. The van der Waals surface area contributed by atoms with Crippen molar-refractivity contribution in [3.05, 3.63) is 46.9 Å². The summed E-state index contributed by atoms with van der Waals surface area (Å²) < 4.78 is 0. The highest BCUT2D eigenvalue weighted by molar-refractivity contribution is 7.99. The number of aromatic nitrogens is 3. The van der Waals surface area contributed by atoms with Gasteiger partial charge in [-0.3, -0.25) is 15.1 Å². The molecule has 0 aliphatic carbocycles. The van der Waals surface area contributed by atoms with Crippen molar-refractivity contribution >= 4 is 45.5 Å². The Hall–Kier alpha value is -1.77. The van der Waals surface area contributed by atoms with Crippen molar-refractivity contribution in [3.8, 4) is 10.6 Å². The Labute approximate surface area is 139 Å². The van der Waals surface area contributed by atoms with Gasteiger partial charge in [-0.1, -0.05) is 17.4 Å². The van der Waals surface area contributed by atoms with Crippen molar-refractivity contribution in [3.63, 3.8) is 0 Å². The molecule has 22 heavy (non-hydrogen) atoms. The summed E-state index contributed by atoms with van der Waals surface area (Å²) in [6.45, 7) is 0. The molecule has 0 aliphatic rings. The summed E-state index contributed by atoms with van der Waals surface area (Å²) in [7, 11) is 0. The number of thiophene rings is 1. The highest BCUT2D eigenvalue weighted by Crippen LogP contribution is 2.27.